The fourth-order valence-corrected chi connectivity index (χ4v) is 4.67. The van der Waals surface area contributed by atoms with Crippen LogP contribution >= 0.6 is 0 Å². The molecule has 1 aliphatic heterocycles. The first-order chi connectivity index (χ1) is 16.3. The summed E-state index contributed by atoms with van der Waals surface area (Å²) < 4.78 is 35.4. The number of ether oxygens (including phenoxy) is 1. The summed E-state index contributed by atoms with van der Waals surface area (Å²) in [4.78, 5) is 13.7. The molecular formula is C26H27F2N5O. The Hall–Kier alpha value is -3.55. The number of halogens is 2. The second-order valence-corrected chi connectivity index (χ2v) is 8.91. The molecule has 0 radical (unpaired) electrons. The highest BCUT2D eigenvalue weighted by Gasteiger charge is 2.30. The SMILES string of the molecule is COc1nc(C2=NCC3CCCC(c4cccc(C(C)(F)F)c4)=C3N2)ccc1-n1cnc(C)c1. The number of hydrogen-bond donors (Lipinski definition) is 1. The summed E-state index contributed by atoms with van der Waals surface area (Å²) in [5, 5.41) is 3.50. The Balaban J connectivity index is 1.50. The topological polar surface area (TPSA) is 64.3 Å². The number of aliphatic imine (C=N–C) groups is 1. The number of fused-ring (bicyclic) bond motifs is 1. The Labute approximate surface area is 197 Å². The fourth-order valence-electron chi connectivity index (χ4n) is 4.67. The van der Waals surface area contributed by atoms with Crippen LogP contribution in [-0.2, 0) is 5.92 Å². The summed E-state index contributed by atoms with van der Waals surface area (Å²) in [6.07, 6.45) is 6.49. The lowest BCUT2D eigenvalue weighted by Gasteiger charge is -2.33. The van der Waals surface area contributed by atoms with Gasteiger partial charge in [-0.3, -0.25) is 4.99 Å². The number of nitrogens with zero attached hydrogens (tertiary/aromatic N) is 4. The van der Waals surface area contributed by atoms with E-state index in [0.29, 0.717) is 24.0 Å². The maximum absolute atomic E-state index is 14.0. The van der Waals surface area contributed by atoms with E-state index in [1.54, 1.807) is 25.6 Å². The number of amidine groups is 1. The molecule has 3 aromatic rings. The third-order valence-electron chi connectivity index (χ3n) is 6.42. The summed E-state index contributed by atoms with van der Waals surface area (Å²) in [5.74, 6) is -1.50. The minimum Gasteiger partial charge on any atom is -0.479 e. The number of pyridine rings is 1. The van der Waals surface area contributed by atoms with Crippen LogP contribution < -0.4 is 10.1 Å². The van der Waals surface area contributed by atoms with Gasteiger partial charge in [0.15, 0.2) is 5.84 Å². The molecule has 0 fully saturated rings. The van der Waals surface area contributed by atoms with Crippen LogP contribution in [0.5, 0.6) is 5.88 Å². The average molecular weight is 464 g/mol. The number of allylic oxidation sites excluding steroid dienone is 1. The van der Waals surface area contributed by atoms with E-state index in [9.17, 15) is 8.78 Å². The van der Waals surface area contributed by atoms with Gasteiger partial charge < -0.3 is 14.6 Å². The Morgan fingerprint density at radius 1 is 1.21 bits per heavy atom. The van der Waals surface area contributed by atoms with E-state index in [1.807, 2.05) is 35.9 Å². The summed E-state index contributed by atoms with van der Waals surface area (Å²) in [5.41, 5.74) is 5.36. The van der Waals surface area contributed by atoms with Crippen LogP contribution in [0.2, 0.25) is 0 Å². The zero-order valence-electron chi connectivity index (χ0n) is 19.5. The van der Waals surface area contributed by atoms with Gasteiger partial charge in [-0.1, -0.05) is 18.2 Å². The van der Waals surface area contributed by atoms with Crippen molar-refractivity contribution >= 4 is 11.4 Å². The number of methoxy groups -OCH3 is 1. The van der Waals surface area contributed by atoms with Gasteiger partial charge in [0.25, 0.3) is 5.92 Å². The largest absolute Gasteiger partial charge is 0.479 e. The number of imidazole rings is 1. The van der Waals surface area contributed by atoms with E-state index in [0.717, 1.165) is 54.4 Å². The third kappa shape index (κ3) is 4.20. The van der Waals surface area contributed by atoms with Crippen molar-refractivity contribution in [1.82, 2.24) is 19.9 Å². The van der Waals surface area contributed by atoms with Gasteiger partial charge in [-0.2, -0.15) is 0 Å². The summed E-state index contributed by atoms with van der Waals surface area (Å²) in [6.45, 7) is 3.50. The van der Waals surface area contributed by atoms with Crippen LogP contribution in [0.3, 0.4) is 0 Å². The molecule has 1 aliphatic carbocycles. The van der Waals surface area contributed by atoms with Crippen LogP contribution in [0.25, 0.3) is 11.3 Å². The van der Waals surface area contributed by atoms with E-state index in [-0.39, 0.29) is 11.5 Å². The molecule has 0 spiro atoms. The van der Waals surface area contributed by atoms with Gasteiger partial charge in [0.05, 0.1) is 19.1 Å². The number of hydrogen-bond acceptors (Lipinski definition) is 5. The van der Waals surface area contributed by atoms with E-state index in [4.69, 9.17) is 14.7 Å². The molecule has 2 aromatic heterocycles. The summed E-state index contributed by atoms with van der Waals surface area (Å²) in [6, 6.07) is 10.6. The van der Waals surface area contributed by atoms with Crippen molar-refractivity contribution in [2.24, 2.45) is 10.9 Å². The molecule has 1 N–H and O–H groups in total. The normalized spacial score (nSPS) is 18.3. The molecular weight excluding hydrogens is 436 g/mol. The Morgan fingerprint density at radius 2 is 2.06 bits per heavy atom. The molecule has 1 unspecified atom stereocenters. The lowest BCUT2D eigenvalue weighted by Crippen LogP contribution is -2.37. The van der Waals surface area contributed by atoms with Crippen molar-refractivity contribution in [3.63, 3.8) is 0 Å². The smallest absolute Gasteiger partial charge is 0.270 e. The van der Waals surface area contributed by atoms with Gasteiger partial charge in [0, 0.05) is 36.8 Å². The molecule has 2 aliphatic rings. The van der Waals surface area contributed by atoms with Crippen LogP contribution in [0.4, 0.5) is 8.78 Å². The highest BCUT2D eigenvalue weighted by Crippen LogP contribution is 2.38. The first kappa shape index (κ1) is 22.3. The molecule has 176 valence electrons. The first-order valence-electron chi connectivity index (χ1n) is 11.4. The molecule has 8 heteroatoms. The lowest BCUT2D eigenvalue weighted by atomic mass is 9.82. The zero-order chi connectivity index (χ0) is 23.9. The first-order valence-corrected chi connectivity index (χ1v) is 11.4. The summed E-state index contributed by atoms with van der Waals surface area (Å²) in [7, 11) is 1.59. The van der Waals surface area contributed by atoms with E-state index in [1.165, 1.54) is 6.07 Å². The van der Waals surface area contributed by atoms with Gasteiger partial charge in [0.2, 0.25) is 5.88 Å². The highest BCUT2D eigenvalue weighted by atomic mass is 19.3. The van der Waals surface area contributed by atoms with Crippen molar-refractivity contribution in [3.8, 4) is 11.6 Å². The predicted molar refractivity (Wildman–Crippen MR) is 127 cm³/mol. The number of alkyl halides is 2. The third-order valence-corrected chi connectivity index (χ3v) is 6.42. The number of aromatic nitrogens is 3. The van der Waals surface area contributed by atoms with Gasteiger partial charge in [-0.25, -0.2) is 18.7 Å². The van der Waals surface area contributed by atoms with E-state index in [2.05, 4.69) is 10.3 Å². The Morgan fingerprint density at radius 3 is 2.79 bits per heavy atom. The Kier molecular flexibility index (Phi) is 5.67. The number of benzene rings is 1. The zero-order valence-corrected chi connectivity index (χ0v) is 19.5. The second kappa shape index (κ2) is 8.66. The van der Waals surface area contributed by atoms with Crippen molar-refractivity contribution in [3.05, 3.63) is 77.1 Å². The van der Waals surface area contributed by atoms with E-state index >= 15 is 0 Å². The maximum atomic E-state index is 14.0. The number of nitrogens with one attached hydrogen (secondary N) is 1. The van der Waals surface area contributed by atoms with Gasteiger partial charge in [0.1, 0.15) is 11.4 Å². The van der Waals surface area contributed by atoms with Crippen molar-refractivity contribution in [2.75, 3.05) is 13.7 Å². The molecule has 6 nitrogen and oxygen atoms in total. The molecule has 0 bridgehead atoms. The lowest BCUT2D eigenvalue weighted by molar-refractivity contribution is 0.0174. The molecule has 3 heterocycles. The standard InChI is InChI=1S/C26H27F2N5O/c1-16-14-33(15-30-16)22-11-10-21(31-25(22)34-3)24-29-13-18-7-5-9-20(23(18)32-24)17-6-4-8-19(12-17)26(2,27)28/h4,6,8,10-12,14-15,18H,5,7,9,13H2,1-3H3,(H,29,32). The average Bonchev–Trinajstić information content (AvgIpc) is 3.28. The quantitative estimate of drug-likeness (QED) is 0.561. The molecule has 0 saturated carbocycles. The number of aryl methyl sites for hydroxylation is 1. The fraction of sp³-hybridized carbons (Fsp3) is 0.346. The highest BCUT2D eigenvalue weighted by molar-refractivity contribution is 6.00. The van der Waals surface area contributed by atoms with E-state index < -0.39 is 5.92 Å². The molecule has 1 aromatic carbocycles. The van der Waals surface area contributed by atoms with Crippen LogP contribution in [0.15, 0.2) is 59.6 Å². The van der Waals surface area contributed by atoms with Gasteiger partial charge >= 0.3 is 0 Å². The van der Waals surface area contributed by atoms with Crippen molar-refractivity contribution < 1.29 is 13.5 Å². The molecule has 0 saturated heterocycles. The van der Waals surface area contributed by atoms with Crippen LogP contribution in [-0.4, -0.2) is 34.0 Å². The minimum absolute atomic E-state index is 0.0293. The van der Waals surface area contributed by atoms with Crippen LogP contribution in [0.1, 0.15) is 48.7 Å². The van der Waals surface area contributed by atoms with Crippen molar-refractivity contribution in [2.45, 2.75) is 39.0 Å². The molecule has 1 atom stereocenters. The molecule has 5 rings (SSSR count). The predicted octanol–water partition coefficient (Wildman–Crippen LogP) is 5.26. The molecule has 34 heavy (non-hydrogen) atoms. The molecule has 0 amide bonds. The van der Waals surface area contributed by atoms with Gasteiger partial charge in [-0.05, 0) is 55.5 Å². The Bertz CT molecular complexity index is 1290. The number of rotatable bonds is 5. The maximum Gasteiger partial charge on any atom is 0.270 e. The second-order valence-electron chi connectivity index (χ2n) is 8.91. The monoisotopic (exact) mass is 463 g/mol. The van der Waals surface area contributed by atoms with Crippen LogP contribution in [0, 0.1) is 12.8 Å². The minimum atomic E-state index is -2.88. The summed E-state index contributed by atoms with van der Waals surface area (Å²) >= 11 is 0. The van der Waals surface area contributed by atoms with Gasteiger partial charge in [-0.15, -0.1) is 0 Å². The van der Waals surface area contributed by atoms with Crippen molar-refractivity contribution in [1.29, 1.82) is 0 Å².